The van der Waals surface area contributed by atoms with Crippen LogP contribution < -0.4 is 10.6 Å². The number of ether oxygens (including phenoxy) is 1. The van der Waals surface area contributed by atoms with E-state index in [0.717, 1.165) is 45.4 Å². The van der Waals surface area contributed by atoms with Gasteiger partial charge in [-0.05, 0) is 33.3 Å². The Kier molecular flexibility index (Phi) is 10.4. The second-order valence-electron chi connectivity index (χ2n) is 6.60. The molecule has 0 bridgehead atoms. The smallest absolute Gasteiger partial charge is 0.191 e. The third kappa shape index (κ3) is 7.50. The number of nitrogens with zero attached hydrogens (tertiary/aromatic N) is 2. The maximum absolute atomic E-state index is 5.52. The SMILES string of the molecule is CCNC(=NCC(c1cccc(C)c1)N1CCOCC1)NC(C)C.I. The fourth-order valence-electron chi connectivity index (χ4n) is 2.97. The minimum atomic E-state index is 0. The van der Waals surface area contributed by atoms with Crippen LogP contribution in [0.4, 0.5) is 0 Å². The molecule has 2 N–H and O–H groups in total. The van der Waals surface area contributed by atoms with Crippen molar-refractivity contribution in [3.8, 4) is 0 Å². The molecular weight excluding hydrogens is 427 g/mol. The molecule has 1 atom stereocenters. The van der Waals surface area contributed by atoms with Gasteiger partial charge < -0.3 is 15.4 Å². The van der Waals surface area contributed by atoms with E-state index in [4.69, 9.17) is 9.73 Å². The van der Waals surface area contributed by atoms with E-state index in [1.54, 1.807) is 0 Å². The van der Waals surface area contributed by atoms with Crippen molar-refractivity contribution in [3.63, 3.8) is 0 Å². The van der Waals surface area contributed by atoms with Crippen LogP contribution in [-0.2, 0) is 4.74 Å². The highest BCUT2D eigenvalue weighted by atomic mass is 127. The zero-order valence-electron chi connectivity index (χ0n) is 15.9. The lowest BCUT2D eigenvalue weighted by atomic mass is 10.0. The first-order valence-electron chi connectivity index (χ1n) is 9.03. The summed E-state index contributed by atoms with van der Waals surface area (Å²) in [7, 11) is 0. The number of guanidine groups is 1. The zero-order valence-corrected chi connectivity index (χ0v) is 18.2. The number of hydrogen-bond donors (Lipinski definition) is 2. The number of morpholine rings is 1. The minimum Gasteiger partial charge on any atom is -0.379 e. The van der Waals surface area contributed by atoms with Crippen LogP contribution >= 0.6 is 24.0 Å². The first-order chi connectivity index (χ1) is 11.6. The van der Waals surface area contributed by atoms with E-state index in [1.807, 2.05) is 0 Å². The fourth-order valence-corrected chi connectivity index (χ4v) is 2.97. The van der Waals surface area contributed by atoms with E-state index in [1.165, 1.54) is 11.1 Å². The van der Waals surface area contributed by atoms with E-state index in [-0.39, 0.29) is 30.0 Å². The molecule has 0 amide bonds. The topological polar surface area (TPSA) is 48.9 Å². The average molecular weight is 460 g/mol. The molecule has 1 fully saturated rings. The molecule has 1 aliphatic heterocycles. The van der Waals surface area contributed by atoms with Gasteiger partial charge in [-0.15, -0.1) is 24.0 Å². The Hall–Kier alpha value is -0.860. The minimum absolute atomic E-state index is 0. The monoisotopic (exact) mass is 460 g/mol. The zero-order chi connectivity index (χ0) is 17.4. The Morgan fingerprint density at radius 2 is 2.00 bits per heavy atom. The van der Waals surface area contributed by atoms with Crippen molar-refractivity contribution >= 4 is 29.9 Å². The van der Waals surface area contributed by atoms with E-state index in [0.29, 0.717) is 6.04 Å². The molecule has 6 heteroatoms. The summed E-state index contributed by atoms with van der Waals surface area (Å²) in [4.78, 5) is 7.33. The molecule has 25 heavy (non-hydrogen) atoms. The van der Waals surface area contributed by atoms with Gasteiger partial charge in [0.15, 0.2) is 5.96 Å². The van der Waals surface area contributed by atoms with Crippen LogP contribution in [0.15, 0.2) is 29.3 Å². The fraction of sp³-hybridized carbons (Fsp3) is 0.632. The van der Waals surface area contributed by atoms with Gasteiger partial charge in [0.05, 0.1) is 25.8 Å². The lowest BCUT2D eigenvalue weighted by Crippen LogP contribution is -2.43. The normalized spacial score (nSPS) is 17.1. The summed E-state index contributed by atoms with van der Waals surface area (Å²) in [5, 5.41) is 6.73. The molecule has 1 unspecified atom stereocenters. The maximum atomic E-state index is 5.52. The predicted octanol–water partition coefficient (Wildman–Crippen LogP) is 2.95. The van der Waals surface area contributed by atoms with Crippen molar-refractivity contribution in [1.82, 2.24) is 15.5 Å². The molecule has 0 aromatic heterocycles. The molecule has 0 aliphatic carbocycles. The number of hydrogen-bond acceptors (Lipinski definition) is 3. The first kappa shape index (κ1) is 22.2. The Morgan fingerprint density at radius 3 is 2.60 bits per heavy atom. The van der Waals surface area contributed by atoms with Gasteiger partial charge in [-0.1, -0.05) is 29.8 Å². The largest absolute Gasteiger partial charge is 0.379 e. The summed E-state index contributed by atoms with van der Waals surface area (Å²) in [6.45, 7) is 13.6. The third-order valence-electron chi connectivity index (χ3n) is 4.11. The lowest BCUT2D eigenvalue weighted by Gasteiger charge is -2.34. The van der Waals surface area contributed by atoms with Gasteiger partial charge in [0.25, 0.3) is 0 Å². The van der Waals surface area contributed by atoms with Crippen LogP contribution in [0.3, 0.4) is 0 Å². The summed E-state index contributed by atoms with van der Waals surface area (Å²) in [6, 6.07) is 9.43. The highest BCUT2D eigenvalue weighted by Gasteiger charge is 2.22. The van der Waals surface area contributed by atoms with Crippen molar-refractivity contribution in [2.45, 2.75) is 39.8 Å². The molecule has 1 heterocycles. The summed E-state index contributed by atoms with van der Waals surface area (Å²) in [6.07, 6.45) is 0. The molecule has 2 rings (SSSR count). The molecule has 5 nitrogen and oxygen atoms in total. The maximum Gasteiger partial charge on any atom is 0.191 e. The van der Waals surface area contributed by atoms with Gasteiger partial charge in [0, 0.05) is 25.7 Å². The van der Waals surface area contributed by atoms with Crippen LogP contribution in [0.5, 0.6) is 0 Å². The van der Waals surface area contributed by atoms with Crippen LogP contribution in [0.25, 0.3) is 0 Å². The second-order valence-corrected chi connectivity index (χ2v) is 6.60. The van der Waals surface area contributed by atoms with Crippen LogP contribution in [0.2, 0.25) is 0 Å². The van der Waals surface area contributed by atoms with Crippen LogP contribution in [-0.4, -0.2) is 56.3 Å². The van der Waals surface area contributed by atoms with Crippen molar-refractivity contribution in [1.29, 1.82) is 0 Å². The molecule has 1 aromatic rings. The Morgan fingerprint density at radius 1 is 1.28 bits per heavy atom. The van der Waals surface area contributed by atoms with E-state index >= 15 is 0 Å². The summed E-state index contributed by atoms with van der Waals surface area (Å²) < 4.78 is 5.52. The molecule has 0 saturated carbocycles. The summed E-state index contributed by atoms with van der Waals surface area (Å²) >= 11 is 0. The van der Waals surface area contributed by atoms with Gasteiger partial charge in [0.1, 0.15) is 0 Å². The van der Waals surface area contributed by atoms with E-state index < -0.39 is 0 Å². The molecule has 1 aliphatic rings. The molecule has 142 valence electrons. The van der Waals surface area contributed by atoms with Crippen LogP contribution in [0, 0.1) is 6.92 Å². The number of aryl methyl sites for hydroxylation is 1. The van der Waals surface area contributed by atoms with E-state index in [2.05, 4.69) is 67.5 Å². The molecule has 1 aromatic carbocycles. The Balaban J connectivity index is 0.00000312. The van der Waals surface area contributed by atoms with Gasteiger partial charge in [-0.25, -0.2) is 0 Å². The number of benzene rings is 1. The molecule has 0 radical (unpaired) electrons. The standard InChI is InChI=1S/C19H32N4O.HI/c1-5-20-19(22-15(2)3)21-14-18(23-9-11-24-12-10-23)17-8-6-7-16(4)13-17;/h6-8,13,15,18H,5,9-12,14H2,1-4H3,(H2,20,21,22);1H. The predicted molar refractivity (Wildman–Crippen MR) is 116 cm³/mol. The van der Waals surface area contributed by atoms with E-state index in [9.17, 15) is 0 Å². The highest BCUT2D eigenvalue weighted by Crippen LogP contribution is 2.23. The van der Waals surface area contributed by atoms with Crippen molar-refractivity contribution < 1.29 is 4.74 Å². The second kappa shape index (κ2) is 11.7. The first-order valence-corrected chi connectivity index (χ1v) is 9.03. The number of aliphatic imine (C=N–C) groups is 1. The van der Waals surface area contributed by atoms with Gasteiger partial charge >= 0.3 is 0 Å². The number of nitrogens with one attached hydrogen (secondary N) is 2. The van der Waals surface area contributed by atoms with Gasteiger partial charge in [-0.3, -0.25) is 9.89 Å². The van der Waals surface area contributed by atoms with Crippen molar-refractivity contribution in [3.05, 3.63) is 35.4 Å². The van der Waals surface area contributed by atoms with Crippen LogP contribution in [0.1, 0.15) is 37.9 Å². The number of halogens is 1. The average Bonchev–Trinajstić information content (AvgIpc) is 2.56. The summed E-state index contributed by atoms with van der Waals surface area (Å²) in [5.41, 5.74) is 2.63. The quantitative estimate of drug-likeness (QED) is 0.390. The Labute approximate surface area is 169 Å². The van der Waals surface area contributed by atoms with Gasteiger partial charge in [-0.2, -0.15) is 0 Å². The Bertz CT molecular complexity index is 530. The molecular formula is C19H33IN4O. The highest BCUT2D eigenvalue weighted by molar-refractivity contribution is 14.0. The van der Waals surface area contributed by atoms with Crippen molar-refractivity contribution in [2.24, 2.45) is 4.99 Å². The number of rotatable bonds is 6. The van der Waals surface area contributed by atoms with Gasteiger partial charge in [0.2, 0.25) is 0 Å². The lowest BCUT2D eigenvalue weighted by molar-refractivity contribution is 0.0179. The van der Waals surface area contributed by atoms with Crippen molar-refractivity contribution in [2.75, 3.05) is 39.4 Å². The summed E-state index contributed by atoms with van der Waals surface area (Å²) in [5.74, 6) is 0.887. The third-order valence-corrected chi connectivity index (χ3v) is 4.11. The molecule has 1 saturated heterocycles. The molecule has 0 spiro atoms.